The van der Waals surface area contributed by atoms with Gasteiger partial charge in [-0.1, -0.05) is 54.6 Å². The average Bonchev–Trinajstić information content (AvgIpc) is 3.40. The monoisotopic (exact) mass is 475 g/mol. The lowest BCUT2D eigenvalue weighted by Crippen LogP contribution is -2.46. The van der Waals surface area contributed by atoms with Gasteiger partial charge in [-0.15, -0.1) is 0 Å². The van der Waals surface area contributed by atoms with Crippen molar-refractivity contribution in [3.8, 4) is 0 Å². The van der Waals surface area contributed by atoms with Crippen molar-refractivity contribution in [2.45, 2.75) is 38.3 Å². The van der Waals surface area contributed by atoms with Crippen LogP contribution in [0.5, 0.6) is 0 Å². The summed E-state index contributed by atoms with van der Waals surface area (Å²) in [6.45, 7) is 7.70. The summed E-state index contributed by atoms with van der Waals surface area (Å²) in [5, 5.41) is 0. The molecule has 5 rings (SSSR count). The van der Waals surface area contributed by atoms with Gasteiger partial charge >= 0.3 is 0 Å². The normalized spacial score (nSPS) is 24.8. The maximum atomic E-state index is 13.5. The summed E-state index contributed by atoms with van der Waals surface area (Å²) >= 11 is 0. The second kappa shape index (κ2) is 10.5. The summed E-state index contributed by atoms with van der Waals surface area (Å²) in [6, 6.07) is 19.0. The molecule has 1 spiro atoms. The van der Waals surface area contributed by atoms with Crippen molar-refractivity contribution in [1.82, 2.24) is 14.7 Å². The Morgan fingerprint density at radius 3 is 2.34 bits per heavy atom. The number of nitrogens with zero attached hydrogens (tertiary/aromatic N) is 3. The van der Waals surface area contributed by atoms with E-state index in [2.05, 4.69) is 47.2 Å². The average molecular weight is 476 g/mol. The summed E-state index contributed by atoms with van der Waals surface area (Å²) < 4.78 is 4.82. The first-order valence-corrected chi connectivity index (χ1v) is 12.9. The summed E-state index contributed by atoms with van der Waals surface area (Å²) in [5.41, 5.74) is 3.38. The third-order valence-electron chi connectivity index (χ3n) is 8.47. The van der Waals surface area contributed by atoms with E-state index in [9.17, 15) is 9.59 Å². The summed E-state index contributed by atoms with van der Waals surface area (Å²) in [5.74, 6) is 1.58. The molecule has 0 bridgehead atoms. The molecule has 0 aliphatic carbocycles. The zero-order chi connectivity index (χ0) is 24.3. The van der Waals surface area contributed by atoms with Gasteiger partial charge in [-0.3, -0.25) is 9.59 Å². The van der Waals surface area contributed by atoms with E-state index in [0.717, 1.165) is 69.7 Å². The van der Waals surface area contributed by atoms with Gasteiger partial charge in [0.25, 0.3) is 6.47 Å². The summed E-state index contributed by atoms with van der Waals surface area (Å²) in [6.07, 6.45) is 2.93. The highest BCUT2D eigenvalue weighted by Gasteiger charge is 2.48. The van der Waals surface area contributed by atoms with Crippen LogP contribution in [0.25, 0.3) is 0 Å². The van der Waals surface area contributed by atoms with Gasteiger partial charge in [0.2, 0.25) is 5.91 Å². The Balaban J connectivity index is 1.15. The van der Waals surface area contributed by atoms with Crippen LogP contribution in [0, 0.1) is 11.3 Å². The lowest BCUT2D eigenvalue weighted by Gasteiger charge is -2.39. The van der Waals surface area contributed by atoms with Gasteiger partial charge in [0.1, 0.15) is 6.61 Å². The minimum absolute atomic E-state index is 0.167. The molecule has 6 nitrogen and oxygen atoms in total. The molecule has 0 unspecified atom stereocenters. The van der Waals surface area contributed by atoms with Crippen LogP contribution in [0.2, 0.25) is 0 Å². The molecule has 35 heavy (non-hydrogen) atoms. The molecule has 0 aromatic heterocycles. The highest BCUT2D eigenvalue weighted by atomic mass is 16.5. The molecule has 0 saturated carbocycles. The number of piperidine rings is 1. The molecule has 3 aliphatic heterocycles. The van der Waals surface area contributed by atoms with Crippen molar-refractivity contribution >= 4 is 12.4 Å². The fourth-order valence-corrected chi connectivity index (χ4v) is 6.44. The van der Waals surface area contributed by atoms with E-state index in [1.165, 1.54) is 5.56 Å². The summed E-state index contributed by atoms with van der Waals surface area (Å²) in [4.78, 5) is 31.0. The lowest BCUT2D eigenvalue weighted by molar-refractivity contribution is -0.139. The van der Waals surface area contributed by atoms with Crippen LogP contribution in [0.4, 0.5) is 0 Å². The highest BCUT2D eigenvalue weighted by molar-refractivity contribution is 5.85. The summed E-state index contributed by atoms with van der Waals surface area (Å²) in [7, 11) is 2.24. The number of rotatable bonds is 8. The van der Waals surface area contributed by atoms with E-state index >= 15 is 0 Å². The Labute approximate surface area is 208 Å². The second-order valence-electron chi connectivity index (χ2n) is 10.8. The molecule has 6 heteroatoms. The minimum Gasteiger partial charge on any atom is -0.463 e. The van der Waals surface area contributed by atoms with Crippen molar-refractivity contribution in [2.24, 2.45) is 11.3 Å². The zero-order valence-corrected chi connectivity index (χ0v) is 20.8. The third kappa shape index (κ3) is 5.29. The van der Waals surface area contributed by atoms with Crippen LogP contribution in [-0.2, 0) is 27.5 Å². The molecule has 3 heterocycles. The van der Waals surface area contributed by atoms with Crippen LogP contribution in [0.1, 0.15) is 41.9 Å². The standard InChI is InChI=1S/C29H37N3O3/c1-30-18-26(27(20-30)25-5-3-2-4-6-25)19-31-14-11-29(12-15-31)13-16-32(28(29)34)17-23-7-9-24(10-8-23)21-35-22-33/h2-10,22,26-27H,11-21H2,1H3/t26-,27-/m1/s1. The van der Waals surface area contributed by atoms with Gasteiger partial charge in [-0.2, -0.15) is 0 Å². The minimum atomic E-state index is -0.167. The second-order valence-corrected chi connectivity index (χ2v) is 10.8. The van der Waals surface area contributed by atoms with E-state index in [-0.39, 0.29) is 12.0 Å². The Bertz CT molecular complexity index is 1000. The highest BCUT2D eigenvalue weighted by Crippen LogP contribution is 2.43. The van der Waals surface area contributed by atoms with E-state index in [4.69, 9.17) is 4.74 Å². The topological polar surface area (TPSA) is 53.1 Å². The third-order valence-corrected chi connectivity index (χ3v) is 8.47. The van der Waals surface area contributed by atoms with Crippen LogP contribution in [-0.4, -0.2) is 73.4 Å². The fraction of sp³-hybridized carbons (Fsp3) is 0.517. The maximum absolute atomic E-state index is 13.5. The molecule has 2 aromatic carbocycles. The van der Waals surface area contributed by atoms with Gasteiger partial charge in [-0.25, -0.2) is 0 Å². The first-order chi connectivity index (χ1) is 17.1. The molecule has 2 aromatic rings. The van der Waals surface area contributed by atoms with Gasteiger partial charge in [-0.05, 0) is 62.0 Å². The van der Waals surface area contributed by atoms with E-state index < -0.39 is 0 Å². The molecule has 3 fully saturated rings. The number of ether oxygens (including phenoxy) is 1. The predicted octanol–water partition coefficient (Wildman–Crippen LogP) is 3.52. The van der Waals surface area contributed by atoms with Gasteiger partial charge in [0.15, 0.2) is 0 Å². The largest absolute Gasteiger partial charge is 0.463 e. The van der Waals surface area contributed by atoms with E-state index in [0.29, 0.717) is 30.8 Å². The van der Waals surface area contributed by atoms with E-state index in [1.807, 2.05) is 29.2 Å². The molecule has 1 amide bonds. The van der Waals surface area contributed by atoms with Crippen molar-refractivity contribution in [3.05, 3.63) is 71.3 Å². The van der Waals surface area contributed by atoms with Crippen LogP contribution in [0.3, 0.4) is 0 Å². The molecule has 0 N–H and O–H groups in total. The molecule has 3 aliphatic rings. The van der Waals surface area contributed by atoms with Crippen LogP contribution < -0.4 is 0 Å². The molecular formula is C29H37N3O3. The number of hydrogen-bond acceptors (Lipinski definition) is 5. The van der Waals surface area contributed by atoms with Crippen molar-refractivity contribution < 1.29 is 14.3 Å². The van der Waals surface area contributed by atoms with Crippen LogP contribution in [0.15, 0.2) is 54.6 Å². The van der Waals surface area contributed by atoms with Crippen molar-refractivity contribution in [1.29, 1.82) is 0 Å². The number of likely N-dealkylation sites (tertiary alicyclic amines) is 3. The molecular weight excluding hydrogens is 438 g/mol. The SMILES string of the molecule is CN1C[C@H](CN2CCC3(CC2)CCN(Cc2ccc(COC=O)cc2)C3=O)[C@@H](c2ccccc2)C1. The first-order valence-electron chi connectivity index (χ1n) is 12.9. The molecule has 2 atom stereocenters. The van der Waals surface area contributed by atoms with Crippen molar-refractivity contribution in [3.63, 3.8) is 0 Å². The quantitative estimate of drug-likeness (QED) is 0.547. The lowest BCUT2D eigenvalue weighted by atomic mass is 9.76. The van der Waals surface area contributed by atoms with Gasteiger partial charge in [0.05, 0.1) is 5.41 Å². The van der Waals surface area contributed by atoms with E-state index in [1.54, 1.807) is 0 Å². The zero-order valence-electron chi connectivity index (χ0n) is 20.8. The Kier molecular flexibility index (Phi) is 7.21. The number of likely N-dealkylation sites (N-methyl/N-ethyl adjacent to an activating group) is 1. The number of benzene rings is 2. The number of hydrogen-bond donors (Lipinski definition) is 0. The van der Waals surface area contributed by atoms with Crippen molar-refractivity contribution in [2.75, 3.05) is 46.3 Å². The molecule has 0 radical (unpaired) electrons. The predicted molar refractivity (Wildman–Crippen MR) is 136 cm³/mol. The smallest absolute Gasteiger partial charge is 0.293 e. The number of carbonyl (C=O) groups is 2. The molecule has 186 valence electrons. The molecule has 3 saturated heterocycles. The number of carbonyl (C=O) groups excluding carboxylic acids is 2. The number of amides is 1. The Hall–Kier alpha value is -2.70. The van der Waals surface area contributed by atoms with Gasteiger partial charge in [0, 0.05) is 38.6 Å². The Morgan fingerprint density at radius 1 is 0.943 bits per heavy atom. The maximum Gasteiger partial charge on any atom is 0.293 e. The fourth-order valence-electron chi connectivity index (χ4n) is 6.44. The van der Waals surface area contributed by atoms with Gasteiger partial charge < -0.3 is 19.4 Å². The van der Waals surface area contributed by atoms with Crippen LogP contribution >= 0.6 is 0 Å². The Morgan fingerprint density at radius 2 is 1.63 bits per heavy atom. The first kappa shape index (κ1) is 24.0.